The second-order valence-electron chi connectivity index (χ2n) is 8.33. The molecular formula is C26H22F4N2O4. The zero-order chi connectivity index (χ0) is 25.9. The number of esters is 1. The highest BCUT2D eigenvalue weighted by molar-refractivity contribution is 6.06. The molecule has 1 aromatic carbocycles. The lowest BCUT2D eigenvalue weighted by atomic mass is 10.0. The Kier molecular flexibility index (Phi) is 7.23. The number of ether oxygens (including phenoxy) is 2. The third kappa shape index (κ3) is 5.48. The van der Waals surface area contributed by atoms with Crippen molar-refractivity contribution in [2.45, 2.75) is 32.2 Å². The summed E-state index contributed by atoms with van der Waals surface area (Å²) in [6.45, 7) is 0.322. The summed E-state index contributed by atoms with van der Waals surface area (Å²) >= 11 is 0. The second kappa shape index (κ2) is 10.3. The zero-order valence-electron chi connectivity index (χ0n) is 19.2. The maximum absolute atomic E-state index is 13.1. The fourth-order valence-corrected chi connectivity index (χ4v) is 3.84. The van der Waals surface area contributed by atoms with Crippen LogP contribution in [0.15, 0.2) is 77.5 Å². The molecule has 0 fully saturated rings. The van der Waals surface area contributed by atoms with Gasteiger partial charge in [-0.05, 0) is 42.7 Å². The van der Waals surface area contributed by atoms with Crippen LogP contribution in [0.5, 0.6) is 11.6 Å². The SMILES string of the molecule is Cc1cc(CN2CC3=C(C=CCC=C3C(=O)Oc3ccccc3)C2=O)cnc1OCC(F)(F)C(F)F. The van der Waals surface area contributed by atoms with Crippen molar-refractivity contribution in [2.75, 3.05) is 13.2 Å². The predicted molar refractivity (Wildman–Crippen MR) is 122 cm³/mol. The first-order valence-corrected chi connectivity index (χ1v) is 11.1. The number of aryl methyl sites for hydroxylation is 1. The van der Waals surface area contributed by atoms with Crippen LogP contribution in [0.4, 0.5) is 17.6 Å². The van der Waals surface area contributed by atoms with E-state index in [0.29, 0.717) is 40.0 Å². The molecule has 0 N–H and O–H groups in total. The lowest BCUT2D eigenvalue weighted by molar-refractivity contribution is -0.148. The molecular weight excluding hydrogens is 480 g/mol. The Morgan fingerprint density at radius 2 is 1.97 bits per heavy atom. The first kappa shape index (κ1) is 25.2. The highest BCUT2D eigenvalue weighted by Gasteiger charge is 2.42. The third-order valence-corrected chi connectivity index (χ3v) is 5.61. The van der Waals surface area contributed by atoms with Gasteiger partial charge in [-0.3, -0.25) is 4.79 Å². The van der Waals surface area contributed by atoms with Gasteiger partial charge in [0.1, 0.15) is 5.75 Å². The lowest BCUT2D eigenvalue weighted by Gasteiger charge is -2.19. The first-order chi connectivity index (χ1) is 17.2. The molecule has 1 aromatic heterocycles. The lowest BCUT2D eigenvalue weighted by Crippen LogP contribution is -2.34. The molecule has 0 atom stereocenters. The minimum atomic E-state index is -4.29. The predicted octanol–water partition coefficient (Wildman–Crippen LogP) is 4.80. The van der Waals surface area contributed by atoms with Crippen LogP contribution in [0.2, 0.25) is 0 Å². The van der Waals surface area contributed by atoms with Crippen LogP contribution in [0.25, 0.3) is 0 Å². The molecule has 0 saturated carbocycles. The number of pyridine rings is 1. The molecule has 1 aliphatic carbocycles. The summed E-state index contributed by atoms with van der Waals surface area (Å²) in [7, 11) is 0. The van der Waals surface area contributed by atoms with E-state index in [1.165, 1.54) is 18.0 Å². The number of benzene rings is 1. The van der Waals surface area contributed by atoms with Crippen LogP contribution in [-0.2, 0) is 16.1 Å². The van der Waals surface area contributed by atoms with Crippen molar-refractivity contribution < 1.29 is 36.6 Å². The standard InChI is InChI=1S/C26H22F4N2O4/c1-16-11-17(12-31-22(16)35-15-26(29,30)25(27)28)13-32-14-21-19(23(32)33)9-5-6-10-20(21)24(34)36-18-7-3-2-4-8-18/h2-5,7-12,25H,6,13-15H2,1H3. The van der Waals surface area contributed by atoms with Gasteiger partial charge in [0.15, 0.2) is 6.61 Å². The number of hydrogen-bond acceptors (Lipinski definition) is 5. The molecule has 0 spiro atoms. The quantitative estimate of drug-likeness (QED) is 0.295. The molecule has 188 valence electrons. The van der Waals surface area contributed by atoms with Crippen LogP contribution in [0, 0.1) is 6.92 Å². The van der Waals surface area contributed by atoms with Gasteiger partial charge in [-0.2, -0.15) is 8.78 Å². The van der Waals surface area contributed by atoms with Gasteiger partial charge in [0, 0.05) is 30.4 Å². The molecule has 0 unspecified atom stereocenters. The van der Waals surface area contributed by atoms with Crippen molar-refractivity contribution in [2.24, 2.45) is 0 Å². The normalized spacial score (nSPS) is 15.7. The molecule has 36 heavy (non-hydrogen) atoms. The molecule has 0 radical (unpaired) electrons. The number of halogens is 4. The molecule has 0 bridgehead atoms. The van der Waals surface area contributed by atoms with Crippen molar-refractivity contribution in [3.8, 4) is 11.6 Å². The van der Waals surface area contributed by atoms with Crippen LogP contribution in [0.3, 0.4) is 0 Å². The summed E-state index contributed by atoms with van der Waals surface area (Å²) < 4.78 is 61.3. The molecule has 10 heteroatoms. The Morgan fingerprint density at radius 3 is 2.67 bits per heavy atom. The van der Waals surface area contributed by atoms with E-state index >= 15 is 0 Å². The van der Waals surface area contributed by atoms with Gasteiger partial charge in [0.2, 0.25) is 5.88 Å². The van der Waals surface area contributed by atoms with Crippen LogP contribution in [-0.4, -0.2) is 47.3 Å². The summed E-state index contributed by atoms with van der Waals surface area (Å²) in [5.41, 5.74) is 2.18. The summed E-state index contributed by atoms with van der Waals surface area (Å²) in [6.07, 6.45) is 3.13. The minimum Gasteiger partial charge on any atom is -0.471 e. The summed E-state index contributed by atoms with van der Waals surface area (Å²) in [5.74, 6) is -4.95. The van der Waals surface area contributed by atoms with Gasteiger partial charge in [0.05, 0.1) is 5.57 Å². The largest absolute Gasteiger partial charge is 0.471 e. The van der Waals surface area contributed by atoms with E-state index < -0.39 is 24.9 Å². The van der Waals surface area contributed by atoms with E-state index in [0.717, 1.165) is 0 Å². The number of nitrogens with zero attached hydrogens (tertiary/aromatic N) is 2. The smallest absolute Gasteiger partial charge is 0.343 e. The van der Waals surface area contributed by atoms with Crippen LogP contribution < -0.4 is 9.47 Å². The Bertz CT molecular complexity index is 1260. The number of carbonyl (C=O) groups excluding carboxylic acids is 2. The number of carbonyl (C=O) groups is 2. The van der Waals surface area contributed by atoms with Gasteiger partial charge < -0.3 is 14.4 Å². The van der Waals surface area contributed by atoms with Crippen molar-refractivity contribution in [1.29, 1.82) is 0 Å². The van der Waals surface area contributed by atoms with Crippen LogP contribution in [0.1, 0.15) is 17.5 Å². The molecule has 1 aliphatic heterocycles. The second-order valence-corrected chi connectivity index (χ2v) is 8.33. The fourth-order valence-electron chi connectivity index (χ4n) is 3.84. The van der Waals surface area contributed by atoms with Crippen molar-refractivity contribution >= 4 is 11.9 Å². The number of hydrogen-bond donors (Lipinski definition) is 0. The number of aromatic nitrogens is 1. The molecule has 1 amide bonds. The van der Waals surface area contributed by atoms with E-state index in [9.17, 15) is 27.2 Å². The highest BCUT2D eigenvalue weighted by Crippen LogP contribution is 2.31. The Hall–Kier alpha value is -3.95. The van der Waals surface area contributed by atoms with E-state index in [4.69, 9.17) is 9.47 Å². The molecule has 4 rings (SSSR count). The fraction of sp³-hybridized carbons (Fsp3) is 0.269. The van der Waals surface area contributed by atoms with E-state index in [1.807, 2.05) is 0 Å². The monoisotopic (exact) mass is 502 g/mol. The van der Waals surface area contributed by atoms with Gasteiger partial charge in [-0.25, -0.2) is 18.6 Å². The molecule has 2 aliphatic rings. The Labute approximate surface area is 204 Å². The van der Waals surface area contributed by atoms with Crippen LogP contribution >= 0.6 is 0 Å². The van der Waals surface area contributed by atoms with E-state index in [1.54, 1.807) is 54.6 Å². The minimum absolute atomic E-state index is 0.127. The maximum atomic E-state index is 13.1. The van der Waals surface area contributed by atoms with Gasteiger partial charge in [-0.15, -0.1) is 0 Å². The number of para-hydroxylation sites is 1. The van der Waals surface area contributed by atoms with E-state index in [-0.39, 0.29) is 24.9 Å². The maximum Gasteiger partial charge on any atom is 0.343 e. The van der Waals surface area contributed by atoms with Gasteiger partial charge >= 0.3 is 18.3 Å². The van der Waals surface area contributed by atoms with E-state index in [2.05, 4.69) is 4.98 Å². The molecule has 2 aromatic rings. The molecule has 2 heterocycles. The average Bonchev–Trinajstić information content (AvgIpc) is 3.00. The number of allylic oxidation sites excluding steroid dienone is 2. The Balaban J connectivity index is 1.45. The topological polar surface area (TPSA) is 68.7 Å². The van der Waals surface area contributed by atoms with Gasteiger partial charge in [0.25, 0.3) is 5.91 Å². The number of rotatable bonds is 8. The third-order valence-electron chi connectivity index (χ3n) is 5.61. The highest BCUT2D eigenvalue weighted by atomic mass is 19.3. The first-order valence-electron chi connectivity index (χ1n) is 11.1. The number of alkyl halides is 4. The summed E-state index contributed by atoms with van der Waals surface area (Å²) in [4.78, 5) is 31.4. The van der Waals surface area contributed by atoms with Crippen molar-refractivity contribution in [3.63, 3.8) is 0 Å². The summed E-state index contributed by atoms with van der Waals surface area (Å²) in [6, 6.07) is 10.2. The molecule has 6 nitrogen and oxygen atoms in total. The average molecular weight is 502 g/mol. The van der Waals surface area contributed by atoms with Crippen molar-refractivity contribution in [3.05, 3.63) is 88.7 Å². The zero-order valence-corrected chi connectivity index (χ0v) is 19.2. The van der Waals surface area contributed by atoms with Gasteiger partial charge in [-0.1, -0.05) is 36.4 Å². The summed E-state index contributed by atoms with van der Waals surface area (Å²) in [5, 5.41) is 0. The number of amides is 1. The molecule has 0 saturated heterocycles. The van der Waals surface area contributed by atoms with Crippen molar-refractivity contribution in [1.82, 2.24) is 9.88 Å². The Morgan fingerprint density at radius 1 is 1.22 bits per heavy atom.